The van der Waals surface area contributed by atoms with Crippen molar-refractivity contribution in [1.29, 1.82) is 0 Å². The zero-order chi connectivity index (χ0) is 16.4. The number of fused-ring (bicyclic) bond motifs is 1. The quantitative estimate of drug-likeness (QED) is 0.747. The van der Waals surface area contributed by atoms with Crippen LogP contribution >= 0.6 is 22.9 Å². The third kappa shape index (κ3) is 3.63. The lowest BCUT2D eigenvalue weighted by atomic mass is 10.2. The summed E-state index contributed by atoms with van der Waals surface area (Å²) in [5, 5.41) is 4.01. The Bertz CT molecular complexity index is 830. The standard InChI is InChI=1S/C17H15ClN2O2S/c1-10-9-12(18)7-8-14(10)22-11(2)16(21)20-17-19-13-5-3-4-6-15(13)23-17/h3-9,11H,1-2H3,(H,19,20,21). The average molecular weight is 347 g/mol. The molecule has 1 unspecified atom stereocenters. The second-order valence-corrected chi connectivity index (χ2v) is 6.61. The van der Waals surface area contributed by atoms with Crippen molar-refractivity contribution in [2.24, 2.45) is 0 Å². The van der Waals surface area contributed by atoms with E-state index in [4.69, 9.17) is 16.3 Å². The largest absolute Gasteiger partial charge is 0.481 e. The van der Waals surface area contributed by atoms with Gasteiger partial charge in [-0.25, -0.2) is 4.98 Å². The van der Waals surface area contributed by atoms with Gasteiger partial charge in [0.1, 0.15) is 5.75 Å². The molecular weight excluding hydrogens is 332 g/mol. The van der Waals surface area contributed by atoms with Crippen molar-refractivity contribution in [1.82, 2.24) is 4.98 Å². The van der Waals surface area contributed by atoms with Gasteiger partial charge in [-0.2, -0.15) is 0 Å². The van der Waals surface area contributed by atoms with Crippen molar-refractivity contribution >= 4 is 44.2 Å². The Kier molecular flexibility index (Phi) is 4.50. The van der Waals surface area contributed by atoms with Gasteiger partial charge in [0.15, 0.2) is 11.2 Å². The molecule has 0 bridgehead atoms. The first-order valence-electron chi connectivity index (χ1n) is 7.12. The molecule has 1 heterocycles. The lowest BCUT2D eigenvalue weighted by Gasteiger charge is -2.15. The number of benzene rings is 2. The molecule has 2 aromatic carbocycles. The molecule has 0 radical (unpaired) electrons. The Balaban J connectivity index is 1.69. The number of carbonyl (C=O) groups is 1. The lowest BCUT2D eigenvalue weighted by molar-refractivity contribution is -0.122. The van der Waals surface area contributed by atoms with Crippen LogP contribution in [0.3, 0.4) is 0 Å². The number of rotatable bonds is 4. The van der Waals surface area contributed by atoms with Gasteiger partial charge in [-0.15, -0.1) is 0 Å². The zero-order valence-electron chi connectivity index (χ0n) is 12.7. The maximum Gasteiger partial charge on any atom is 0.266 e. The summed E-state index contributed by atoms with van der Waals surface area (Å²) in [6, 6.07) is 13.1. The van der Waals surface area contributed by atoms with Crippen molar-refractivity contribution in [3.63, 3.8) is 0 Å². The minimum absolute atomic E-state index is 0.238. The number of hydrogen-bond acceptors (Lipinski definition) is 4. The third-order valence-corrected chi connectivity index (χ3v) is 4.52. The van der Waals surface area contributed by atoms with Gasteiger partial charge < -0.3 is 4.74 Å². The highest BCUT2D eigenvalue weighted by molar-refractivity contribution is 7.22. The molecule has 23 heavy (non-hydrogen) atoms. The summed E-state index contributed by atoms with van der Waals surface area (Å²) >= 11 is 7.36. The summed E-state index contributed by atoms with van der Waals surface area (Å²) < 4.78 is 6.75. The minimum atomic E-state index is -0.637. The molecule has 4 nitrogen and oxygen atoms in total. The average Bonchev–Trinajstić information content (AvgIpc) is 2.92. The summed E-state index contributed by atoms with van der Waals surface area (Å²) in [5.74, 6) is 0.403. The number of aromatic nitrogens is 1. The highest BCUT2D eigenvalue weighted by Crippen LogP contribution is 2.26. The number of ether oxygens (including phenoxy) is 1. The van der Waals surface area contributed by atoms with E-state index in [1.807, 2.05) is 31.2 Å². The number of halogens is 1. The summed E-state index contributed by atoms with van der Waals surface area (Å²) in [4.78, 5) is 16.7. The molecule has 1 aromatic heterocycles. The molecule has 3 aromatic rings. The van der Waals surface area contributed by atoms with Gasteiger partial charge in [0.2, 0.25) is 0 Å². The summed E-state index contributed by atoms with van der Waals surface area (Å²) in [5.41, 5.74) is 1.76. The van der Waals surface area contributed by atoms with E-state index in [-0.39, 0.29) is 5.91 Å². The molecule has 0 saturated carbocycles. The van der Waals surface area contributed by atoms with E-state index in [1.54, 1.807) is 25.1 Å². The number of anilines is 1. The second-order valence-electron chi connectivity index (χ2n) is 5.15. The zero-order valence-corrected chi connectivity index (χ0v) is 14.2. The minimum Gasteiger partial charge on any atom is -0.481 e. The van der Waals surface area contributed by atoms with Gasteiger partial charge >= 0.3 is 0 Å². The number of nitrogens with zero attached hydrogens (tertiary/aromatic N) is 1. The van der Waals surface area contributed by atoms with Gasteiger partial charge in [-0.3, -0.25) is 10.1 Å². The fourth-order valence-electron chi connectivity index (χ4n) is 2.12. The van der Waals surface area contributed by atoms with Crippen molar-refractivity contribution in [2.45, 2.75) is 20.0 Å². The predicted molar refractivity (Wildman–Crippen MR) is 94.5 cm³/mol. The summed E-state index contributed by atoms with van der Waals surface area (Å²) in [6.45, 7) is 3.59. The molecule has 118 valence electrons. The fraction of sp³-hybridized carbons (Fsp3) is 0.176. The van der Waals surface area contributed by atoms with Gasteiger partial charge in [0.05, 0.1) is 10.2 Å². The summed E-state index contributed by atoms with van der Waals surface area (Å²) in [7, 11) is 0. The van der Waals surface area contributed by atoms with E-state index in [9.17, 15) is 4.79 Å². The highest BCUT2D eigenvalue weighted by atomic mass is 35.5. The van der Waals surface area contributed by atoms with Crippen LogP contribution in [0.5, 0.6) is 5.75 Å². The number of nitrogens with one attached hydrogen (secondary N) is 1. The molecule has 6 heteroatoms. The highest BCUT2D eigenvalue weighted by Gasteiger charge is 2.17. The molecule has 1 N–H and O–H groups in total. The topological polar surface area (TPSA) is 51.2 Å². The fourth-order valence-corrected chi connectivity index (χ4v) is 3.22. The van der Waals surface area contributed by atoms with Crippen LogP contribution in [0.25, 0.3) is 10.2 Å². The SMILES string of the molecule is Cc1cc(Cl)ccc1OC(C)C(=O)Nc1nc2ccccc2s1. The predicted octanol–water partition coefficient (Wildman–Crippen LogP) is 4.66. The van der Waals surface area contributed by atoms with Crippen LogP contribution in [-0.2, 0) is 4.79 Å². The van der Waals surface area contributed by atoms with Gasteiger partial charge in [0, 0.05) is 5.02 Å². The molecule has 0 saturated heterocycles. The van der Waals surface area contributed by atoms with Crippen molar-refractivity contribution in [2.75, 3.05) is 5.32 Å². The normalized spacial score (nSPS) is 12.1. The Morgan fingerprint density at radius 3 is 2.83 bits per heavy atom. The molecular formula is C17H15ClN2O2S. The van der Waals surface area contributed by atoms with E-state index < -0.39 is 6.10 Å². The first-order valence-corrected chi connectivity index (χ1v) is 8.31. The lowest BCUT2D eigenvalue weighted by Crippen LogP contribution is -2.30. The third-order valence-electron chi connectivity index (χ3n) is 3.33. The Morgan fingerprint density at radius 1 is 1.30 bits per heavy atom. The van der Waals surface area contributed by atoms with Crippen LogP contribution in [0.15, 0.2) is 42.5 Å². The maximum absolute atomic E-state index is 12.3. The Morgan fingerprint density at radius 2 is 2.09 bits per heavy atom. The number of hydrogen-bond donors (Lipinski definition) is 1. The second kappa shape index (κ2) is 6.56. The van der Waals surface area contributed by atoms with E-state index in [0.717, 1.165) is 15.8 Å². The van der Waals surface area contributed by atoms with Crippen molar-refractivity contribution < 1.29 is 9.53 Å². The van der Waals surface area contributed by atoms with Crippen LogP contribution in [-0.4, -0.2) is 17.0 Å². The van der Waals surface area contributed by atoms with E-state index >= 15 is 0 Å². The number of amides is 1. The van der Waals surface area contributed by atoms with Gasteiger partial charge in [0.25, 0.3) is 5.91 Å². The Hall–Kier alpha value is -2.11. The van der Waals surface area contributed by atoms with Crippen LogP contribution in [0, 0.1) is 6.92 Å². The number of aryl methyl sites for hydroxylation is 1. The molecule has 0 aliphatic carbocycles. The molecule has 3 rings (SSSR count). The maximum atomic E-state index is 12.3. The molecule has 0 fully saturated rings. The van der Waals surface area contributed by atoms with Crippen LogP contribution in [0.2, 0.25) is 5.02 Å². The van der Waals surface area contributed by atoms with Gasteiger partial charge in [-0.1, -0.05) is 35.1 Å². The summed E-state index contributed by atoms with van der Waals surface area (Å²) in [6.07, 6.45) is -0.637. The molecule has 0 aliphatic rings. The number of para-hydroxylation sites is 1. The van der Waals surface area contributed by atoms with Crippen molar-refractivity contribution in [3.8, 4) is 5.75 Å². The first kappa shape index (κ1) is 15.8. The van der Waals surface area contributed by atoms with Crippen LogP contribution in [0.1, 0.15) is 12.5 Å². The molecule has 0 aliphatic heterocycles. The molecule has 1 atom stereocenters. The van der Waals surface area contributed by atoms with Crippen LogP contribution in [0.4, 0.5) is 5.13 Å². The first-order chi connectivity index (χ1) is 11.0. The van der Waals surface area contributed by atoms with E-state index in [0.29, 0.717) is 15.9 Å². The molecule has 1 amide bonds. The Labute approximate surface area is 143 Å². The molecule has 0 spiro atoms. The van der Waals surface area contributed by atoms with E-state index in [1.165, 1.54) is 11.3 Å². The monoisotopic (exact) mass is 346 g/mol. The van der Waals surface area contributed by atoms with Gasteiger partial charge in [-0.05, 0) is 49.7 Å². The number of thiazole rings is 1. The number of carbonyl (C=O) groups excluding carboxylic acids is 1. The van der Waals surface area contributed by atoms with Crippen LogP contribution < -0.4 is 10.1 Å². The smallest absolute Gasteiger partial charge is 0.266 e. The van der Waals surface area contributed by atoms with Crippen molar-refractivity contribution in [3.05, 3.63) is 53.1 Å². The van der Waals surface area contributed by atoms with E-state index in [2.05, 4.69) is 10.3 Å².